The Balaban J connectivity index is 0.000001000. The lowest BCUT2D eigenvalue weighted by Gasteiger charge is -2.39. The zero-order valence-electron chi connectivity index (χ0n) is 7.55. The number of quaternary nitrogens is 1. The minimum absolute atomic E-state index is 0. The van der Waals surface area contributed by atoms with Crippen LogP contribution in [0.5, 0.6) is 0 Å². The van der Waals surface area contributed by atoms with Crippen molar-refractivity contribution in [2.24, 2.45) is 5.92 Å². The molecule has 2 atom stereocenters. The van der Waals surface area contributed by atoms with Gasteiger partial charge in [-0.25, -0.2) is 0 Å². The van der Waals surface area contributed by atoms with Crippen LogP contribution in [0.2, 0.25) is 0 Å². The summed E-state index contributed by atoms with van der Waals surface area (Å²) in [6.45, 7) is 4.36. The summed E-state index contributed by atoms with van der Waals surface area (Å²) in [6, 6.07) is 0. The standard InChI is InChI=1S/C8H18NO.HI/c1-7-6-9(2,3)5-4-8(7)10;/h7-8,10H,4-6H2,1-3H3;1H/q+1;/p-1/t7?,8-;/m0./s1. The highest BCUT2D eigenvalue weighted by atomic mass is 127. The van der Waals surface area contributed by atoms with Gasteiger partial charge in [-0.15, -0.1) is 0 Å². The first-order valence-corrected chi connectivity index (χ1v) is 4.01. The molecule has 0 aromatic heterocycles. The average molecular weight is 271 g/mol. The summed E-state index contributed by atoms with van der Waals surface area (Å²) >= 11 is 0. The third kappa shape index (κ3) is 3.25. The van der Waals surface area contributed by atoms with E-state index < -0.39 is 0 Å². The highest BCUT2D eigenvalue weighted by molar-refractivity contribution is 4.68. The summed E-state index contributed by atoms with van der Waals surface area (Å²) < 4.78 is 1.07. The fourth-order valence-electron chi connectivity index (χ4n) is 1.76. The van der Waals surface area contributed by atoms with Crippen LogP contribution >= 0.6 is 0 Å². The minimum atomic E-state index is -0.0499. The monoisotopic (exact) mass is 271 g/mol. The predicted molar refractivity (Wildman–Crippen MR) is 41.6 cm³/mol. The molecule has 0 saturated carbocycles. The Morgan fingerprint density at radius 1 is 1.36 bits per heavy atom. The lowest BCUT2D eigenvalue weighted by Crippen LogP contribution is -3.00. The maximum absolute atomic E-state index is 9.40. The first kappa shape index (κ1) is 11.6. The zero-order chi connectivity index (χ0) is 7.78. The molecule has 1 aliphatic heterocycles. The fraction of sp³-hybridized carbons (Fsp3) is 1.00. The van der Waals surface area contributed by atoms with Crippen LogP contribution in [-0.2, 0) is 0 Å². The third-order valence-electron chi connectivity index (χ3n) is 2.47. The van der Waals surface area contributed by atoms with Gasteiger partial charge in [-0.05, 0) is 0 Å². The van der Waals surface area contributed by atoms with Crippen molar-refractivity contribution >= 4 is 0 Å². The number of piperidine rings is 1. The van der Waals surface area contributed by atoms with Gasteiger partial charge in [0.2, 0.25) is 0 Å². The normalized spacial score (nSPS) is 36.0. The van der Waals surface area contributed by atoms with Gasteiger partial charge in [0.1, 0.15) is 0 Å². The van der Waals surface area contributed by atoms with Crippen molar-refractivity contribution in [3.05, 3.63) is 0 Å². The Morgan fingerprint density at radius 2 is 1.91 bits per heavy atom. The van der Waals surface area contributed by atoms with E-state index in [-0.39, 0.29) is 30.1 Å². The maximum Gasteiger partial charge on any atom is 0.0833 e. The van der Waals surface area contributed by atoms with Crippen LogP contribution in [0.15, 0.2) is 0 Å². The topological polar surface area (TPSA) is 20.2 Å². The Hall–Kier alpha value is 0.650. The maximum atomic E-state index is 9.40. The van der Waals surface area contributed by atoms with E-state index in [0.717, 1.165) is 24.0 Å². The summed E-state index contributed by atoms with van der Waals surface area (Å²) in [5.74, 6) is 0.476. The van der Waals surface area contributed by atoms with Crippen LogP contribution in [-0.4, -0.2) is 42.9 Å². The van der Waals surface area contributed by atoms with E-state index in [1.165, 1.54) is 0 Å². The van der Waals surface area contributed by atoms with E-state index in [1.807, 2.05) is 0 Å². The van der Waals surface area contributed by atoms with Crippen molar-refractivity contribution < 1.29 is 33.6 Å². The molecule has 68 valence electrons. The van der Waals surface area contributed by atoms with Gasteiger partial charge in [0, 0.05) is 12.3 Å². The molecule has 1 rings (SSSR count). The second-order valence-electron chi connectivity index (χ2n) is 4.18. The molecule has 0 radical (unpaired) electrons. The zero-order valence-corrected chi connectivity index (χ0v) is 9.71. The molecule has 1 heterocycles. The Labute approximate surface area is 86.2 Å². The molecule has 0 aromatic rings. The van der Waals surface area contributed by atoms with Crippen molar-refractivity contribution in [3.63, 3.8) is 0 Å². The smallest absolute Gasteiger partial charge is 0.0833 e. The second kappa shape index (κ2) is 4.05. The highest BCUT2D eigenvalue weighted by Crippen LogP contribution is 2.19. The number of aliphatic hydroxyl groups excluding tert-OH is 1. The lowest BCUT2D eigenvalue weighted by atomic mass is 9.96. The number of hydrogen-bond donors (Lipinski definition) is 1. The molecule has 0 aromatic carbocycles. The molecule has 0 aliphatic carbocycles. The third-order valence-corrected chi connectivity index (χ3v) is 2.47. The number of hydrogen-bond acceptors (Lipinski definition) is 1. The average Bonchev–Trinajstić information content (AvgIpc) is 1.79. The van der Waals surface area contributed by atoms with Crippen molar-refractivity contribution in [2.75, 3.05) is 27.2 Å². The lowest BCUT2D eigenvalue weighted by molar-refractivity contribution is -0.899. The van der Waals surface area contributed by atoms with Crippen molar-refractivity contribution in [1.29, 1.82) is 0 Å². The van der Waals surface area contributed by atoms with Gasteiger partial charge >= 0.3 is 0 Å². The van der Waals surface area contributed by atoms with Gasteiger partial charge < -0.3 is 33.6 Å². The van der Waals surface area contributed by atoms with Gasteiger partial charge in [0.05, 0.1) is 33.3 Å². The fourth-order valence-corrected chi connectivity index (χ4v) is 1.76. The van der Waals surface area contributed by atoms with Crippen LogP contribution in [0.3, 0.4) is 0 Å². The Bertz CT molecular complexity index is 127. The summed E-state index contributed by atoms with van der Waals surface area (Å²) in [4.78, 5) is 0. The molecule has 2 nitrogen and oxygen atoms in total. The number of nitrogens with zero attached hydrogens (tertiary/aromatic N) is 1. The van der Waals surface area contributed by atoms with Gasteiger partial charge in [0.25, 0.3) is 0 Å². The molecular formula is C8H18INO. The Kier molecular flexibility index (Phi) is 4.29. The minimum Gasteiger partial charge on any atom is -1.00 e. The highest BCUT2D eigenvalue weighted by Gasteiger charge is 2.30. The molecule has 1 N–H and O–H groups in total. The first-order chi connectivity index (χ1) is 4.51. The molecule has 1 fully saturated rings. The van der Waals surface area contributed by atoms with Crippen molar-refractivity contribution in [2.45, 2.75) is 19.4 Å². The van der Waals surface area contributed by atoms with Gasteiger partial charge in [-0.3, -0.25) is 0 Å². The van der Waals surface area contributed by atoms with Gasteiger partial charge in [-0.1, -0.05) is 6.92 Å². The molecule has 0 spiro atoms. The molecule has 0 amide bonds. The quantitative estimate of drug-likeness (QED) is 0.380. The summed E-state index contributed by atoms with van der Waals surface area (Å²) in [7, 11) is 4.45. The van der Waals surface area contributed by atoms with Crippen LogP contribution < -0.4 is 24.0 Å². The number of halogens is 1. The summed E-state index contributed by atoms with van der Waals surface area (Å²) in [5.41, 5.74) is 0. The molecule has 11 heavy (non-hydrogen) atoms. The van der Waals surface area contributed by atoms with Crippen LogP contribution in [0.1, 0.15) is 13.3 Å². The van der Waals surface area contributed by atoms with E-state index >= 15 is 0 Å². The van der Waals surface area contributed by atoms with Crippen LogP contribution in [0.25, 0.3) is 0 Å². The second-order valence-corrected chi connectivity index (χ2v) is 4.18. The summed E-state index contributed by atoms with van der Waals surface area (Å²) in [6.07, 6.45) is 0.917. The van der Waals surface area contributed by atoms with Crippen LogP contribution in [0, 0.1) is 5.92 Å². The van der Waals surface area contributed by atoms with E-state index in [1.54, 1.807) is 0 Å². The largest absolute Gasteiger partial charge is 1.00 e. The number of aliphatic hydroxyl groups is 1. The molecule has 1 aliphatic rings. The van der Waals surface area contributed by atoms with Crippen LogP contribution in [0.4, 0.5) is 0 Å². The van der Waals surface area contributed by atoms with Crippen molar-refractivity contribution in [1.82, 2.24) is 0 Å². The van der Waals surface area contributed by atoms with E-state index in [2.05, 4.69) is 21.0 Å². The summed E-state index contributed by atoms with van der Waals surface area (Å²) in [5, 5.41) is 9.40. The van der Waals surface area contributed by atoms with E-state index in [0.29, 0.717) is 5.92 Å². The van der Waals surface area contributed by atoms with E-state index in [9.17, 15) is 5.11 Å². The number of rotatable bonds is 0. The SMILES string of the molecule is CC1C[N+](C)(C)CC[C@@H]1O.[I-]. The predicted octanol–water partition coefficient (Wildman–Crippen LogP) is -2.53. The van der Waals surface area contributed by atoms with Gasteiger partial charge in [0.15, 0.2) is 0 Å². The molecular weight excluding hydrogens is 253 g/mol. The van der Waals surface area contributed by atoms with E-state index in [4.69, 9.17) is 0 Å². The molecule has 1 unspecified atom stereocenters. The molecule has 0 bridgehead atoms. The molecule has 3 heteroatoms. The molecule has 1 saturated heterocycles. The van der Waals surface area contributed by atoms with Crippen molar-refractivity contribution in [3.8, 4) is 0 Å². The van der Waals surface area contributed by atoms with Gasteiger partial charge in [-0.2, -0.15) is 0 Å². The first-order valence-electron chi connectivity index (χ1n) is 4.01. The number of likely N-dealkylation sites (tertiary alicyclic amines) is 1. The Morgan fingerprint density at radius 3 is 2.27 bits per heavy atom.